The highest BCUT2D eigenvalue weighted by molar-refractivity contribution is 7.99. The molecule has 0 aliphatic heterocycles. The summed E-state index contributed by atoms with van der Waals surface area (Å²) in [7, 11) is 1.77. The number of ether oxygens (including phenoxy) is 1. The Kier molecular flexibility index (Phi) is 9.66. The van der Waals surface area contributed by atoms with Crippen LogP contribution in [0.25, 0.3) is 0 Å². The summed E-state index contributed by atoms with van der Waals surface area (Å²) in [5.74, 6) is 3.36. The third-order valence-electron chi connectivity index (χ3n) is 2.46. The first kappa shape index (κ1) is 15.3. The molecule has 0 radical (unpaired) electrons. The lowest BCUT2D eigenvalue weighted by Gasteiger charge is -2.19. The molecule has 0 amide bonds. The number of thioether (sulfide) groups is 1. The van der Waals surface area contributed by atoms with E-state index in [1.54, 1.807) is 7.11 Å². The Morgan fingerprint density at radius 1 is 1.20 bits per heavy atom. The van der Waals surface area contributed by atoms with Gasteiger partial charge in [-0.3, -0.25) is 0 Å². The molecule has 0 aromatic carbocycles. The number of rotatable bonds is 9. The number of hydrogen-bond donors (Lipinski definition) is 1. The summed E-state index contributed by atoms with van der Waals surface area (Å²) < 4.78 is 5.25. The average molecular weight is 233 g/mol. The second-order valence-electron chi connectivity index (χ2n) is 4.51. The third-order valence-corrected chi connectivity index (χ3v) is 3.94. The normalized spacial score (nSPS) is 15.6. The summed E-state index contributed by atoms with van der Waals surface area (Å²) in [6.45, 7) is 9.92. The van der Waals surface area contributed by atoms with Gasteiger partial charge < -0.3 is 10.1 Å². The van der Waals surface area contributed by atoms with Gasteiger partial charge in [0.2, 0.25) is 0 Å². The van der Waals surface area contributed by atoms with Crippen LogP contribution in [0.15, 0.2) is 0 Å². The molecule has 0 aliphatic rings. The van der Waals surface area contributed by atoms with Crippen molar-refractivity contribution in [3.8, 4) is 0 Å². The van der Waals surface area contributed by atoms with E-state index in [-0.39, 0.29) is 0 Å². The number of hydrogen-bond acceptors (Lipinski definition) is 3. The fourth-order valence-corrected chi connectivity index (χ4v) is 2.18. The van der Waals surface area contributed by atoms with Crippen molar-refractivity contribution in [2.75, 3.05) is 25.2 Å². The van der Waals surface area contributed by atoms with Crippen molar-refractivity contribution in [2.45, 2.75) is 46.3 Å². The molecule has 0 aliphatic carbocycles. The zero-order chi connectivity index (χ0) is 11.7. The molecule has 2 atom stereocenters. The fourth-order valence-electron chi connectivity index (χ4n) is 1.19. The van der Waals surface area contributed by atoms with Crippen molar-refractivity contribution >= 4 is 11.8 Å². The zero-order valence-electron chi connectivity index (χ0n) is 10.9. The van der Waals surface area contributed by atoms with Gasteiger partial charge in [-0.1, -0.05) is 13.8 Å². The minimum atomic E-state index is 0.299. The topological polar surface area (TPSA) is 21.3 Å². The largest absolute Gasteiger partial charge is 0.380 e. The monoisotopic (exact) mass is 233 g/mol. The van der Waals surface area contributed by atoms with Crippen LogP contribution >= 0.6 is 11.8 Å². The van der Waals surface area contributed by atoms with Crippen LogP contribution in [0.2, 0.25) is 0 Å². The van der Waals surface area contributed by atoms with E-state index in [0.29, 0.717) is 12.1 Å². The summed E-state index contributed by atoms with van der Waals surface area (Å²) >= 11 is 2.06. The lowest BCUT2D eigenvalue weighted by Crippen LogP contribution is -2.37. The molecule has 92 valence electrons. The maximum absolute atomic E-state index is 5.25. The van der Waals surface area contributed by atoms with E-state index in [2.05, 4.69) is 44.8 Å². The predicted octanol–water partition coefficient (Wildman–Crippen LogP) is 2.78. The van der Waals surface area contributed by atoms with E-state index < -0.39 is 0 Å². The van der Waals surface area contributed by atoms with Crippen molar-refractivity contribution < 1.29 is 4.74 Å². The lowest BCUT2D eigenvalue weighted by atomic mass is 10.2. The molecule has 0 heterocycles. The molecule has 1 N–H and O–H groups in total. The summed E-state index contributed by atoms with van der Waals surface area (Å²) in [6, 6.07) is 0.449. The molecule has 2 unspecified atom stereocenters. The van der Waals surface area contributed by atoms with Gasteiger partial charge in [0.15, 0.2) is 0 Å². The molecular formula is C12H27NOS. The Morgan fingerprint density at radius 2 is 1.87 bits per heavy atom. The van der Waals surface area contributed by atoms with Crippen LogP contribution in [0.3, 0.4) is 0 Å². The zero-order valence-corrected chi connectivity index (χ0v) is 11.7. The van der Waals surface area contributed by atoms with Crippen LogP contribution in [0.1, 0.15) is 34.1 Å². The highest BCUT2D eigenvalue weighted by atomic mass is 32.2. The second kappa shape index (κ2) is 9.49. The van der Waals surface area contributed by atoms with Gasteiger partial charge >= 0.3 is 0 Å². The Hall–Kier alpha value is 0.270. The van der Waals surface area contributed by atoms with Gasteiger partial charge in [0.25, 0.3) is 0 Å². The first-order chi connectivity index (χ1) is 7.07. The predicted molar refractivity (Wildman–Crippen MR) is 70.7 cm³/mol. The van der Waals surface area contributed by atoms with Crippen molar-refractivity contribution in [3.63, 3.8) is 0 Å². The third kappa shape index (κ3) is 9.21. The lowest BCUT2D eigenvalue weighted by molar-refractivity contribution is 0.0889. The summed E-state index contributed by atoms with van der Waals surface area (Å²) in [5.41, 5.74) is 0. The Bertz CT molecular complexity index is 142. The van der Waals surface area contributed by atoms with Crippen LogP contribution in [0.4, 0.5) is 0 Å². The first-order valence-electron chi connectivity index (χ1n) is 5.91. The molecule has 3 heteroatoms. The molecule has 0 aromatic heterocycles. The van der Waals surface area contributed by atoms with Gasteiger partial charge in [0.05, 0.1) is 6.10 Å². The van der Waals surface area contributed by atoms with Crippen molar-refractivity contribution in [3.05, 3.63) is 0 Å². The first-order valence-corrected chi connectivity index (χ1v) is 7.07. The highest BCUT2D eigenvalue weighted by Crippen LogP contribution is 2.08. The van der Waals surface area contributed by atoms with E-state index in [4.69, 9.17) is 4.74 Å². The molecule has 0 fully saturated rings. The van der Waals surface area contributed by atoms with E-state index in [9.17, 15) is 0 Å². The van der Waals surface area contributed by atoms with Crippen LogP contribution in [-0.4, -0.2) is 37.3 Å². The number of methoxy groups -OCH3 is 1. The molecule has 0 saturated carbocycles. The SMILES string of the molecule is COC(C)C(C)NCCCSCC(C)C. The minimum Gasteiger partial charge on any atom is -0.380 e. The van der Waals surface area contributed by atoms with Crippen LogP contribution in [0, 0.1) is 5.92 Å². The molecule has 0 bridgehead atoms. The molecule has 2 nitrogen and oxygen atoms in total. The van der Waals surface area contributed by atoms with Crippen molar-refractivity contribution in [1.82, 2.24) is 5.32 Å². The van der Waals surface area contributed by atoms with E-state index in [0.717, 1.165) is 12.5 Å². The van der Waals surface area contributed by atoms with E-state index in [1.807, 2.05) is 0 Å². The summed E-state index contributed by atoms with van der Waals surface area (Å²) in [4.78, 5) is 0. The molecule has 15 heavy (non-hydrogen) atoms. The van der Waals surface area contributed by atoms with Gasteiger partial charge in [-0.25, -0.2) is 0 Å². The Labute approximate surface area is 99.5 Å². The van der Waals surface area contributed by atoms with E-state index in [1.165, 1.54) is 17.9 Å². The average Bonchev–Trinajstić information content (AvgIpc) is 2.21. The van der Waals surface area contributed by atoms with Crippen LogP contribution in [-0.2, 0) is 4.74 Å². The van der Waals surface area contributed by atoms with Gasteiger partial charge in [-0.15, -0.1) is 0 Å². The standard InChI is InChI=1S/C12H27NOS/c1-10(2)9-15-8-6-7-13-11(3)12(4)14-5/h10-13H,6-9H2,1-5H3. The Morgan fingerprint density at radius 3 is 2.40 bits per heavy atom. The summed E-state index contributed by atoms with van der Waals surface area (Å²) in [5, 5.41) is 3.48. The molecular weight excluding hydrogens is 206 g/mol. The van der Waals surface area contributed by atoms with E-state index >= 15 is 0 Å². The smallest absolute Gasteiger partial charge is 0.0693 e. The van der Waals surface area contributed by atoms with Gasteiger partial charge in [0, 0.05) is 13.2 Å². The van der Waals surface area contributed by atoms with Crippen LogP contribution in [0.5, 0.6) is 0 Å². The van der Waals surface area contributed by atoms with Crippen LogP contribution < -0.4 is 5.32 Å². The Balaban J connectivity index is 3.23. The quantitative estimate of drug-likeness (QED) is 0.619. The molecule has 0 spiro atoms. The van der Waals surface area contributed by atoms with Crippen molar-refractivity contribution in [2.24, 2.45) is 5.92 Å². The van der Waals surface area contributed by atoms with Gasteiger partial charge in [-0.05, 0) is 44.2 Å². The van der Waals surface area contributed by atoms with Crippen molar-refractivity contribution in [1.29, 1.82) is 0 Å². The molecule has 0 rings (SSSR count). The fraction of sp³-hybridized carbons (Fsp3) is 1.00. The molecule has 0 saturated heterocycles. The number of nitrogens with one attached hydrogen (secondary N) is 1. The van der Waals surface area contributed by atoms with Gasteiger partial charge in [-0.2, -0.15) is 11.8 Å². The highest BCUT2D eigenvalue weighted by Gasteiger charge is 2.08. The van der Waals surface area contributed by atoms with Gasteiger partial charge in [0.1, 0.15) is 0 Å². The maximum Gasteiger partial charge on any atom is 0.0693 e. The second-order valence-corrected chi connectivity index (χ2v) is 5.66. The maximum atomic E-state index is 5.25. The molecule has 0 aromatic rings. The minimum absolute atomic E-state index is 0.299. The summed E-state index contributed by atoms with van der Waals surface area (Å²) in [6.07, 6.45) is 1.55.